The van der Waals surface area contributed by atoms with Gasteiger partial charge in [0.05, 0.1) is 16.6 Å². The zero-order valence-electron chi connectivity index (χ0n) is 10.5. The van der Waals surface area contributed by atoms with Crippen molar-refractivity contribution in [2.24, 2.45) is 12.8 Å². The lowest BCUT2D eigenvalue weighted by Crippen LogP contribution is -2.35. The molecule has 1 heterocycles. The Bertz CT molecular complexity index is 543. The van der Waals surface area contributed by atoms with Crippen molar-refractivity contribution in [1.82, 2.24) is 9.55 Å². The van der Waals surface area contributed by atoms with Gasteiger partial charge in [-0.05, 0) is 31.5 Å². The molecule has 92 valence electrons. The average Bonchev–Trinajstić information content (AvgIpc) is 2.56. The van der Waals surface area contributed by atoms with Gasteiger partial charge in [-0.2, -0.15) is 0 Å². The van der Waals surface area contributed by atoms with Crippen molar-refractivity contribution in [3.63, 3.8) is 0 Å². The zero-order valence-corrected chi connectivity index (χ0v) is 12.1. The number of rotatable bonds is 3. The third-order valence-corrected chi connectivity index (χ3v) is 3.62. The Morgan fingerprint density at radius 2 is 2.18 bits per heavy atom. The van der Waals surface area contributed by atoms with Gasteiger partial charge >= 0.3 is 0 Å². The topological polar surface area (TPSA) is 43.8 Å². The van der Waals surface area contributed by atoms with Gasteiger partial charge in [0.25, 0.3) is 0 Å². The molecule has 2 rings (SSSR count). The molecule has 0 bridgehead atoms. The number of benzene rings is 1. The number of aryl methyl sites for hydroxylation is 1. The molecule has 0 spiro atoms. The lowest BCUT2D eigenvalue weighted by atomic mass is 9.97. The standard InChI is InChI=1S/C13H18BrN3/c1-4-7-13(2,15)12-16-10-8-9(14)5-6-11(10)17(12)3/h5-6,8H,4,7,15H2,1-3H3. The molecule has 3 nitrogen and oxygen atoms in total. The van der Waals surface area contributed by atoms with Crippen LogP contribution in [0.2, 0.25) is 0 Å². The second-order valence-electron chi connectivity index (χ2n) is 4.79. The highest BCUT2D eigenvalue weighted by Crippen LogP contribution is 2.27. The Hall–Kier alpha value is -0.870. The summed E-state index contributed by atoms with van der Waals surface area (Å²) >= 11 is 3.47. The van der Waals surface area contributed by atoms with E-state index in [9.17, 15) is 0 Å². The fourth-order valence-electron chi connectivity index (χ4n) is 2.31. The van der Waals surface area contributed by atoms with Gasteiger partial charge in [0.1, 0.15) is 5.82 Å². The summed E-state index contributed by atoms with van der Waals surface area (Å²) in [6, 6.07) is 6.13. The van der Waals surface area contributed by atoms with Gasteiger partial charge in [-0.3, -0.25) is 0 Å². The highest BCUT2D eigenvalue weighted by molar-refractivity contribution is 9.10. The fraction of sp³-hybridized carbons (Fsp3) is 0.462. The van der Waals surface area contributed by atoms with E-state index in [2.05, 4.69) is 38.5 Å². The van der Waals surface area contributed by atoms with Crippen LogP contribution in [0.4, 0.5) is 0 Å². The Morgan fingerprint density at radius 1 is 1.47 bits per heavy atom. The molecule has 0 aliphatic carbocycles. The molecule has 1 atom stereocenters. The minimum atomic E-state index is -0.366. The van der Waals surface area contributed by atoms with E-state index in [1.165, 1.54) is 0 Å². The summed E-state index contributed by atoms with van der Waals surface area (Å²) in [4.78, 5) is 4.67. The van der Waals surface area contributed by atoms with Gasteiger partial charge in [-0.25, -0.2) is 4.98 Å². The van der Waals surface area contributed by atoms with Crippen molar-refractivity contribution in [2.75, 3.05) is 0 Å². The quantitative estimate of drug-likeness (QED) is 0.944. The number of imidazole rings is 1. The highest BCUT2D eigenvalue weighted by Gasteiger charge is 2.26. The van der Waals surface area contributed by atoms with Crippen LogP contribution in [0.5, 0.6) is 0 Å². The minimum Gasteiger partial charge on any atom is -0.330 e. The first kappa shape index (κ1) is 12.6. The second kappa shape index (κ2) is 4.42. The zero-order chi connectivity index (χ0) is 12.6. The maximum Gasteiger partial charge on any atom is 0.129 e. The predicted molar refractivity (Wildman–Crippen MR) is 74.9 cm³/mol. The largest absolute Gasteiger partial charge is 0.330 e. The van der Waals surface area contributed by atoms with E-state index in [1.54, 1.807) is 0 Å². The summed E-state index contributed by atoms with van der Waals surface area (Å²) in [6.07, 6.45) is 1.99. The second-order valence-corrected chi connectivity index (χ2v) is 5.71. The summed E-state index contributed by atoms with van der Waals surface area (Å²) in [6.45, 7) is 4.19. The van der Waals surface area contributed by atoms with E-state index in [-0.39, 0.29) is 5.54 Å². The predicted octanol–water partition coefficient (Wildman–Crippen LogP) is 3.31. The van der Waals surface area contributed by atoms with Crippen molar-refractivity contribution in [1.29, 1.82) is 0 Å². The molecule has 0 saturated heterocycles. The van der Waals surface area contributed by atoms with E-state index < -0.39 is 0 Å². The molecule has 2 N–H and O–H groups in total. The van der Waals surface area contributed by atoms with Crippen LogP contribution in [0.3, 0.4) is 0 Å². The Morgan fingerprint density at radius 3 is 2.82 bits per heavy atom. The van der Waals surface area contributed by atoms with Crippen molar-refractivity contribution in [2.45, 2.75) is 32.2 Å². The van der Waals surface area contributed by atoms with Crippen molar-refractivity contribution in [3.8, 4) is 0 Å². The van der Waals surface area contributed by atoms with E-state index in [1.807, 2.05) is 26.1 Å². The van der Waals surface area contributed by atoms with Crippen LogP contribution < -0.4 is 5.73 Å². The molecule has 1 aromatic carbocycles. The summed E-state index contributed by atoms with van der Waals surface area (Å²) in [5.41, 5.74) is 8.10. The molecular formula is C13H18BrN3. The van der Waals surface area contributed by atoms with Gasteiger partial charge in [-0.15, -0.1) is 0 Å². The van der Waals surface area contributed by atoms with E-state index in [4.69, 9.17) is 5.73 Å². The average molecular weight is 296 g/mol. The van der Waals surface area contributed by atoms with Crippen molar-refractivity contribution >= 4 is 27.0 Å². The molecule has 0 aliphatic rings. The molecule has 17 heavy (non-hydrogen) atoms. The van der Waals surface area contributed by atoms with Gasteiger partial charge < -0.3 is 10.3 Å². The number of nitrogens with zero attached hydrogens (tertiary/aromatic N) is 2. The monoisotopic (exact) mass is 295 g/mol. The Labute approximate surface area is 110 Å². The van der Waals surface area contributed by atoms with E-state index >= 15 is 0 Å². The van der Waals surface area contributed by atoms with Gasteiger partial charge in [0.2, 0.25) is 0 Å². The number of hydrogen-bond donors (Lipinski definition) is 1. The molecule has 2 aromatic rings. The SMILES string of the molecule is CCCC(C)(N)c1nc2cc(Br)ccc2n1C. The number of halogens is 1. The molecular weight excluding hydrogens is 278 g/mol. The molecule has 0 amide bonds. The third kappa shape index (κ3) is 2.24. The smallest absolute Gasteiger partial charge is 0.129 e. The lowest BCUT2D eigenvalue weighted by Gasteiger charge is -2.23. The van der Waals surface area contributed by atoms with Crippen LogP contribution in [0.25, 0.3) is 11.0 Å². The van der Waals surface area contributed by atoms with Crippen molar-refractivity contribution < 1.29 is 0 Å². The molecule has 1 unspecified atom stereocenters. The highest BCUT2D eigenvalue weighted by atomic mass is 79.9. The summed E-state index contributed by atoms with van der Waals surface area (Å²) in [5.74, 6) is 0.951. The van der Waals surface area contributed by atoms with Crippen LogP contribution in [0.1, 0.15) is 32.5 Å². The van der Waals surface area contributed by atoms with Gasteiger partial charge in [0.15, 0.2) is 0 Å². The number of nitrogens with two attached hydrogens (primary N) is 1. The lowest BCUT2D eigenvalue weighted by molar-refractivity contribution is 0.410. The molecule has 0 fully saturated rings. The van der Waals surface area contributed by atoms with Crippen LogP contribution >= 0.6 is 15.9 Å². The van der Waals surface area contributed by atoms with Gasteiger partial charge in [0, 0.05) is 11.5 Å². The first-order valence-electron chi connectivity index (χ1n) is 5.87. The van der Waals surface area contributed by atoms with Crippen LogP contribution in [0, 0.1) is 0 Å². The first-order chi connectivity index (χ1) is 7.95. The Balaban J connectivity index is 2.59. The number of aromatic nitrogens is 2. The van der Waals surface area contributed by atoms with E-state index in [0.29, 0.717) is 0 Å². The number of hydrogen-bond acceptors (Lipinski definition) is 2. The summed E-state index contributed by atoms with van der Waals surface area (Å²) in [7, 11) is 2.03. The maximum absolute atomic E-state index is 6.36. The number of fused-ring (bicyclic) bond motifs is 1. The van der Waals surface area contributed by atoms with Crippen LogP contribution in [-0.4, -0.2) is 9.55 Å². The van der Waals surface area contributed by atoms with Crippen molar-refractivity contribution in [3.05, 3.63) is 28.5 Å². The molecule has 0 aliphatic heterocycles. The Kier molecular flexibility index (Phi) is 3.27. The molecule has 1 aromatic heterocycles. The third-order valence-electron chi connectivity index (χ3n) is 3.12. The van der Waals surface area contributed by atoms with Gasteiger partial charge in [-0.1, -0.05) is 29.3 Å². The maximum atomic E-state index is 6.36. The molecule has 4 heteroatoms. The normalized spacial score (nSPS) is 15.1. The summed E-state index contributed by atoms with van der Waals surface area (Å²) < 4.78 is 3.14. The van der Waals surface area contributed by atoms with Crippen LogP contribution in [-0.2, 0) is 12.6 Å². The first-order valence-corrected chi connectivity index (χ1v) is 6.66. The molecule has 0 saturated carbocycles. The summed E-state index contributed by atoms with van der Waals surface area (Å²) in [5, 5.41) is 0. The fourth-order valence-corrected chi connectivity index (χ4v) is 2.66. The van der Waals surface area contributed by atoms with Crippen LogP contribution in [0.15, 0.2) is 22.7 Å². The van der Waals surface area contributed by atoms with E-state index in [0.717, 1.165) is 34.2 Å². The minimum absolute atomic E-state index is 0.366. The molecule has 0 radical (unpaired) electrons.